The molecule has 1 aromatic carbocycles. The zero-order valence-electron chi connectivity index (χ0n) is 19.1. The van der Waals surface area contributed by atoms with Crippen LogP contribution in [0.15, 0.2) is 30.3 Å². The summed E-state index contributed by atoms with van der Waals surface area (Å²) in [6.07, 6.45) is 0.485. The minimum absolute atomic E-state index is 0.183. The van der Waals surface area contributed by atoms with Gasteiger partial charge in [0.25, 0.3) is 0 Å². The van der Waals surface area contributed by atoms with Crippen LogP contribution in [-0.2, 0) is 15.8 Å². The largest absolute Gasteiger partial charge is 0.416 e. The number of halogens is 3. The Balaban J connectivity index is 0.000000234. The van der Waals surface area contributed by atoms with Crippen LogP contribution in [0.3, 0.4) is 0 Å². The number of hydrogen-bond donors (Lipinski definition) is 2. The fraction of sp³-hybridized carbons (Fsp3) is 0.522. The Morgan fingerprint density at radius 3 is 2.45 bits per heavy atom. The molecule has 1 aliphatic heterocycles. The SMILES string of the molecule is CC(=O)N1CCCN(CCCCC=O)CC1.CNc1cc(-c2ccc(C(F)(F)F)cc2)[nH]n1. The summed E-state index contributed by atoms with van der Waals surface area (Å²) in [5, 5.41) is 9.49. The summed E-state index contributed by atoms with van der Waals surface area (Å²) in [7, 11) is 1.71. The van der Waals surface area contributed by atoms with E-state index in [9.17, 15) is 22.8 Å². The highest BCUT2D eigenvalue weighted by molar-refractivity contribution is 5.73. The van der Waals surface area contributed by atoms with Gasteiger partial charge in [0, 0.05) is 46.1 Å². The van der Waals surface area contributed by atoms with Crippen LogP contribution in [0.4, 0.5) is 19.0 Å². The molecule has 1 fully saturated rings. The van der Waals surface area contributed by atoms with Crippen molar-refractivity contribution in [1.29, 1.82) is 0 Å². The van der Waals surface area contributed by atoms with E-state index in [1.54, 1.807) is 20.0 Å². The van der Waals surface area contributed by atoms with Crippen LogP contribution in [0.25, 0.3) is 11.3 Å². The maximum atomic E-state index is 12.4. The number of rotatable bonds is 7. The fourth-order valence-electron chi connectivity index (χ4n) is 3.51. The molecule has 0 bridgehead atoms. The van der Waals surface area contributed by atoms with Crippen LogP contribution in [0.1, 0.15) is 38.2 Å². The summed E-state index contributed by atoms with van der Waals surface area (Å²) >= 11 is 0. The van der Waals surface area contributed by atoms with E-state index >= 15 is 0 Å². The van der Waals surface area contributed by atoms with Gasteiger partial charge in [-0.1, -0.05) is 12.1 Å². The van der Waals surface area contributed by atoms with Crippen molar-refractivity contribution in [1.82, 2.24) is 20.0 Å². The van der Waals surface area contributed by atoms with Crippen molar-refractivity contribution in [3.8, 4) is 11.3 Å². The van der Waals surface area contributed by atoms with E-state index in [1.165, 1.54) is 12.1 Å². The molecule has 2 N–H and O–H groups in total. The lowest BCUT2D eigenvalue weighted by atomic mass is 10.1. The fourth-order valence-corrected chi connectivity index (χ4v) is 3.51. The van der Waals surface area contributed by atoms with Gasteiger partial charge in [-0.2, -0.15) is 18.3 Å². The number of benzene rings is 1. The number of aromatic nitrogens is 2. The number of carbonyl (C=O) groups excluding carboxylic acids is 2. The molecule has 2 aromatic rings. The average molecular weight is 468 g/mol. The number of hydrogen-bond acceptors (Lipinski definition) is 5. The third kappa shape index (κ3) is 8.88. The Kier molecular flexibility index (Phi) is 10.4. The number of unbranched alkanes of at least 4 members (excludes halogenated alkanes) is 2. The predicted molar refractivity (Wildman–Crippen MR) is 122 cm³/mol. The Labute approximate surface area is 192 Å². The van der Waals surface area contributed by atoms with Crippen LogP contribution in [0.2, 0.25) is 0 Å². The topological polar surface area (TPSA) is 81.3 Å². The number of alkyl halides is 3. The molecule has 2 heterocycles. The van der Waals surface area contributed by atoms with Crippen molar-refractivity contribution < 1.29 is 22.8 Å². The van der Waals surface area contributed by atoms with E-state index in [2.05, 4.69) is 20.4 Å². The van der Waals surface area contributed by atoms with Crippen LogP contribution in [0.5, 0.6) is 0 Å². The molecule has 0 unspecified atom stereocenters. The maximum Gasteiger partial charge on any atom is 0.416 e. The summed E-state index contributed by atoms with van der Waals surface area (Å²) < 4.78 is 37.1. The average Bonchev–Trinajstić information content (AvgIpc) is 3.15. The molecule has 1 saturated heterocycles. The number of H-pyrrole nitrogens is 1. The molecule has 0 radical (unpaired) electrons. The van der Waals surface area contributed by atoms with Crippen molar-refractivity contribution >= 4 is 18.0 Å². The third-order valence-corrected chi connectivity index (χ3v) is 5.44. The molecular formula is C23H32F3N5O2. The lowest BCUT2D eigenvalue weighted by Gasteiger charge is -2.20. The number of amides is 1. The van der Waals surface area contributed by atoms with Gasteiger partial charge in [-0.05, 0) is 50.0 Å². The van der Waals surface area contributed by atoms with E-state index < -0.39 is 11.7 Å². The molecule has 10 heteroatoms. The number of carbonyl (C=O) groups is 2. The zero-order chi connectivity index (χ0) is 24.3. The molecule has 33 heavy (non-hydrogen) atoms. The van der Waals surface area contributed by atoms with E-state index in [0.29, 0.717) is 23.5 Å². The van der Waals surface area contributed by atoms with Gasteiger partial charge in [0.05, 0.1) is 11.3 Å². The molecule has 182 valence electrons. The standard InChI is InChI=1S/C12H22N2O2.C11H10F3N3/c1-12(16)14-8-5-7-13(9-10-14)6-3-2-4-11-15;1-15-10-6-9(16-17-10)7-2-4-8(5-3-7)11(12,13)14/h11H,2-10H2,1H3;2-6H,1H3,(H2,15,16,17). The van der Waals surface area contributed by atoms with Crippen LogP contribution < -0.4 is 5.32 Å². The quantitative estimate of drug-likeness (QED) is 0.474. The summed E-state index contributed by atoms with van der Waals surface area (Å²) in [4.78, 5) is 25.7. The van der Waals surface area contributed by atoms with Crippen molar-refractivity contribution in [2.75, 3.05) is 45.1 Å². The van der Waals surface area contributed by atoms with Crippen LogP contribution >= 0.6 is 0 Å². The Hall–Kier alpha value is -2.88. The molecule has 1 aromatic heterocycles. The first-order valence-corrected chi connectivity index (χ1v) is 11.1. The summed E-state index contributed by atoms with van der Waals surface area (Å²) in [6, 6.07) is 6.65. The minimum atomic E-state index is -4.30. The van der Waals surface area contributed by atoms with Gasteiger partial charge in [-0.25, -0.2) is 0 Å². The zero-order valence-corrected chi connectivity index (χ0v) is 19.1. The van der Waals surface area contributed by atoms with Gasteiger partial charge in [0.15, 0.2) is 0 Å². The second-order valence-electron chi connectivity index (χ2n) is 7.86. The van der Waals surface area contributed by atoms with E-state index in [-0.39, 0.29) is 5.91 Å². The molecule has 0 spiro atoms. The first kappa shape index (κ1) is 26.4. The molecular weight excluding hydrogens is 435 g/mol. The molecule has 0 aliphatic carbocycles. The third-order valence-electron chi connectivity index (χ3n) is 5.44. The number of nitrogens with one attached hydrogen (secondary N) is 2. The van der Waals surface area contributed by atoms with E-state index in [4.69, 9.17) is 0 Å². The lowest BCUT2D eigenvalue weighted by molar-refractivity contribution is -0.137. The second-order valence-corrected chi connectivity index (χ2v) is 7.86. The van der Waals surface area contributed by atoms with E-state index in [1.807, 2.05) is 4.90 Å². The molecule has 1 aliphatic rings. The highest BCUT2D eigenvalue weighted by atomic mass is 19.4. The predicted octanol–water partition coefficient (Wildman–Crippen LogP) is 4.05. The number of aldehydes is 1. The normalized spacial score (nSPS) is 14.8. The van der Waals surface area contributed by atoms with Crippen LogP contribution in [0, 0.1) is 0 Å². The molecule has 0 atom stereocenters. The van der Waals surface area contributed by atoms with Gasteiger partial charge in [-0.15, -0.1) is 0 Å². The van der Waals surface area contributed by atoms with Crippen molar-refractivity contribution in [2.24, 2.45) is 0 Å². The van der Waals surface area contributed by atoms with Gasteiger partial charge < -0.3 is 19.9 Å². The monoisotopic (exact) mass is 467 g/mol. The summed E-state index contributed by atoms with van der Waals surface area (Å²) in [5.41, 5.74) is 0.671. The highest BCUT2D eigenvalue weighted by Crippen LogP contribution is 2.30. The summed E-state index contributed by atoms with van der Waals surface area (Å²) in [6.45, 7) is 6.48. The minimum Gasteiger partial charge on any atom is -0.372 e. The maximum absolute atomic E-state index is 12.4. The summed E-state index contributed by atoms with van der Waals surface area (Å²) in [5.74, 6) is 0.822. The molecule has 7 nitrogen and oxygen atoms in total. The highest BCUT2D eigenvalue weighted by Gasteiger charge is 2.30. The van der Waals surface area contributed by atoms with E-state index in [0.717, 1.165) is 70.4 Å². The van der Waals surface area contributed by atoms with Gasteiger partial charge in [-0.3, -0.25) is 9.89 Å². The number of aromatic amines is 1. The second kappa shape index (κ2) is 13.0. The molecule has 1 amide bonds. The number of nitrogens with zero attached hydrogens (tertiary/aromatic N) is 3. The van der Waals surface area contributed by atoms with Gasteiger partial charge in [0.2, 0.25) is 5.91 Å². The Morgan fingerprint density at radius 1 is 1.15 bits per heavy atom. The number of anilines is 1. The molecule has 0 saturated carbocycles. The van der Waals surface area contributed by atoms with Gasteiger partial charge in [0.1, 0.15) is 12.1 Å². The van der Waals surface area contributed by atoms with Crippen molar-refractivity contribution in [3.63, 3.8) is 0 Å². The lowest BCUT2D eigenvalue weighted by Crippen LogP contribution is -2.33. The van der Waals surface area contributed by atoms with Crippen molar-refractivity contribution in [3.05, 3.63) is 35.9 Å². The smallest absolute Gasteiger partial charge is 0.372 e. The Morgan fingerprint density at radius 2 is 1.88 bits per heavy atom. The van der Waals surface area contributed by atoms with Crippen LogP contribution in [-0.4, -0.2) is 72.0 Å². The first-order valence-electron chi connectivity index (χ1n) is 11.1. The molecule has 3 rings (SSSR count). The van der Waals surface area contributed by atoms with Gasteiger partial charge >= 0.3 is 6.18 Å². The first-order chi connectivity index (χ1) is 15.7. The van der Waals surface area contributed by atoms with Crippen molar-refractivity contribution in [2.45, 2.75) is 38.8 Å². The Bertz CT molecular complexity index is 868.